The van der Waals surface area contributed by atoms with Crippen molar-refractivity contribution in [3.8, 4) is 0 Å². The standard InChI is InChI=1S/C12H8Cl3N3O/c1-6-2-10(18-12(15)16-6)11(19)17-9-4-7(13)3-8(14)5-9/h2-5H,1H3,(H,17,19). The molecule has 19 heavy (non-hydrogen) atoms. The molecule has 2 aromatic rings. The number of halogens is 3. The molecule has 1 heterocycles. The Kier molecular flexibility index (Phi) is 4.24. The summed E-state index contributed by atoms with van der Waals surface area (Å²) in [6, 6.07) is 6.28. The third-order valence-corrected chi connectivity index (χ3v) is 2.79. The fourth-order valence-corrected chi connectivity index (χ4v) is 2.22. The van der Waals surface area contributed by atoms with Crippen molar-refractivity contribution in [2.45, 2.75) is 6.92 Å². The van der Waals surface area contributed by atoms with E-state index < -0.39 is 5.91 Å². The van der Waals surface area contributed by atoms with Crippen LogP contribution in [0, 0.1) is 6.92 Å². The molecular formula is C12H8Cl3N3O. The predicted molar refractivity (Wildman–Crippen MR) is 76.2 cm³/mol. The number of rotatable bonds is 2. The Hall–Kier alpha value is -1.36. The lowest BCUT2D eigenvalue weighted by Gasteiger charge is -2.06. The van der Waals surface area contributed by atoms with Crippen LogP contribution in [0.5, 0.6) is 0 Å². The third-order valence-electron chi connectivity index (χ3n) is 2.18. The zero-order valence-corrected chi connectivity index (χ0v) is 12.0. The molecular weight excluding hydrogens is 309 g/mol. The Morgan fingerprint density at radius 1 is 1.05 bits per heavy atom. The zero-order chi connectivity index (χ0) is 14.0. The highest BCUT2D eigenvalue weighted by Gasteiger charge is 2.11. The van der Waals surface area contributed by atoms with Crippen LogP contribution < -0.4 is 5.32 Å². The zero-order valence-electron chi connectivity index (χ0n) is 9.75. The second kappa shape index (κ2) is 5.74. The largest absolute Gasteiger partial charge is 0.321 e. The van der Waals surface area contributed by atoms with Crippen LogP contribution in [0.15, 0.2) is 24.3 Å². The second-order valence-corrected chi connectivity index (χ2v) is 4.99. The van der Waals surface area contributed by atoms with Crippen LogP contribution in [0.2, 0.25) is 15.3 Å². The van der Waals surface area contributed by atoms with Crippen molar-refractivity contribution in [2.24, 2.45) is 0 Å². The molecule has 4 nitrogen and oxygen atoms in total. The maximum Gasteiger partial charge on any atom is 0.274 e. The molecule has 0 radical (unpaired) electrons. The number of carbonyl (C=O) groups excluding carboxylic acids is 1. The maximum absolute atomic E-state index is 12.0. The topological polar surface area (TPSA) is 54.9 Å². The summed E-state index contributed by atoms with van der Waals surface area (Å²) in [7, 11) is 0. The molecule has 98 valence electrons. The van der Waals surface area contributed by atoms with Gasteiger partial charge in [-0.25, -0.2) is 9.97 Å². The number of hydrogen-bond acceptors (Lipinski definition) is 3. The molecule has 1 N–H and O–H groups in total. The van der Waals surface area contributed by atoms with Crippen molar-refractivity contribution >= 4 is 46.4 Å². The fraction of sp³-hybridized carbons (Fsp3) is 0.0833. The predicted octanol–water partition coefficient (Wildman–Crippen LogP) is 4.00. The normalized spacial score (nSPS) is 10.3. The van der Waals surface area contributed by atoms with Crippen molar-refractivity contribution < 1.29 is 4.79 Å². The molecule has 0 aliphatic rings. The molecule has 0 aliphatic carbocycles. The number of nitrogens with one attached hydrogen (secondary N) is 1. The summed E-state index contributed by atoms with van der Waals surface area (Å²) < 4.78 is 0. The van der Waals surface area contributed by atoms with Crippen molar-refractivity contribution in [1.82, 2.24) is 9.97 Å². The first kappa shape index (κ1) is 14.1. The van der Waals surface area contributed by atoms with E-state index in [2.05, 4.69) is 15.3 Å². The van der Waals surface area contributed by atoms with Gasteiger partial charge in [0.2, 0.25) is 5.28 Å². The maximum atomic E-state index is 12.0. The Morgan fingerprint density at radius 3 is 2.26 bits per heavy atom. The summed E-state index contributed by atoms with van der Waals surface area (Å²) in [5.74, 6) is -0.411. The fourth-order valence-electron chi connectivity index (χ4n) is 1.47. The number of aromatic nitrogens is 2. The lowest BCUT2D eigenvalue weighted by Crippen LogP contribution is -2.14. The van der Waals surface area contributed by atoms with Crippen LogP contribution in [0.4, 0.5) is 5.69 Å². The van der Waals surface area contributed by atoms with E-state index in [1.807, 2.05) is 0 Å². The molecule has 1 aromatic heterocycles. The highest BCUT2D eigenvalue weighted by molar-refractivity contribution is 6.35. The number of carbonyl (C=O) groups is 1. The van der Waals surface area contributed by atoms with Crippen LogP contribution >= 0.6 is 34.8 Å². The average molecular weight is 317 g/mol. The number of benzene rings is 1. The van der Waals surface area contributed by atoms with Crippen molar-refractivity contribution in [3.63, 3.8) is 0 Å². The van der Waals surface area contributed by atoms with Gasteiger partial charge in [-0.3, -0.25) is 4.79 Å². The van der Waals surface area contributed by atoms with E-state index in [-0.39, 0.29) is 11.0 Å². The second-order valence-electron chi connectivity index (χ2n) is 3.78. The summed E-state index contributed by atoms with van der Waals surface area (Å²) in [5.41, 5.74) is 1.26. The molecule has 0 saturated heterocycles. The number of aryl methyl sites for hydroxylation is 1. The van der Waals surface area contributed by atoms with Gasteiger partial charge in [0.25, 0.3) is 5.91 Å². The van der Waals surface area contributed by atoms with Crippen molar-refractivity contribution in [2.75, 3.05) is 5.32 Å². The summed E-state index contributed by atoms with van der Waals surface area (Å²) in [6.07, 6.45) is 0. The third kappa shape index (κ3) is 3.80. The number of nitrogens with zero attached hydrogens (tertiary/aromatic N) is 2. The molecule has 7 heteroatoms. The summed E-state index contributed by atoms with van der Waals surface area (Å²) in [4.78, 5) is 19.7. The highest BCUT2D eigenvalue weighted by atomic mass is 35.5. The van der Waals surface area contributed by atoms with E-state index in [4.69, 9.17) is 34.8 Å². The van der Waals surface area contributed by atoms with Gasteiger partial charge in [-0.1, -0.05) is 23.2 Å². The molecule has 1 aromatic carbocycles. The Bertz CT molecular complexity index is 606. The van der Waals surface area contributed by atoms with Gasteiger partial charge in [-0.05, 0) is 42.8 Å². The van der Waals surface area contributed by atoms with E-state index in [9.17, 15) is 4.79 Å². The van der Waals surface area contributed by atoms with Crippen LogP contribution in [0.25, 0.3) is 0 Å². The smallest absolute Gasteiger partial charge is 0.274 e. The molecule has 0 unspecified atom stereocenters. The van der Waals surface area contributed by atoms with E-state index >= 15 is 0 Å². The Labute approximate surface area is 124 Å². The van der Waals surface area contributed by atoms with Crippen molar-refractivity contribution in [1.29, 1.82) is 0 Å². The number of amides is 1. The lowest BCUT2D eigenvalue weighted by molar-refractivity contribution is 0.102. The monoisotopic (exact) mass is 315 g/mol. The van der Waals surface area contributed by atoms with Gasteiger partial charge < -0.3 is 5.32 Å². The van der Waals surface area contributed by atoms with Gasteiger partial charge in [-0.2, -0.15) is 0 Å². The first-order valence-electron chi connectivity index (χ1n) is 5.22. The Balaban J connectivity index is 2.25. The first-order chi connectivity index (χ1) is 8.94. The quantitative estimate of drug-likeness (QED) is 0.852. The van der Waals surface area contributed by atoms with Gasteiger partial charge in [0, 0.05) is 21.4 Å². The molecule has 0 aliphatic heterocycles. The van der Waals surface area contributed by atoms with E-state index in [0.29, 0.717) is 21.4 Å². The SMILES string of the molecule is Cc1cc(C(=O)Nc2cc(Cl)cc(Cl)c2)nc(Cl)n1. The van der Waals surface area contributed by atoms with E-state index in [1.165, 1.54) is 6.07 Å². The molecule has 1 amide bonds. The Morgan fingerprint density at radius 2 is 1.68 bits per heavy atom. The highest BCUT2D eigenvalue weighted by Crippen LogP contribution is 2.22. The minimum atomic E-state index is -0.411. The van der Waals surface area contributed by atoms with Gasteiger partial charge in [0.1, 0.15) is 5.69 Å². The van der Waals surface area contributed by atoms with Crippen LogP contribution in [0.1, 0.15) is 16.2 Å². The van der Waals surface area contributed by atoms with Gasteiger partial charge in [0.05, 0.1) is 0 Å². The summed E-state index contributed by atoms with van der Waals surface area (Å²) in [5, 5.41) is 3.52. The van der Waals surface area contributed by atoms with Crippen LogP contribution in [-0.4, -0.2) is 15.9 Å². The summed E-state index contributed by atoms with van der Waals surface area (Å²) in [6.45, 7) is 1.72. The van der Waals surface area contributed by atoms with Gasteiger partial charge in [-0.15, -0.1) is 0 Å². The molecule has 0 atom stereocenters. The first-order valence-corrected chi connectivity index (χ1v) is 6.36. The van der Waals surface area contributed by atoms with E-state index in [1.54, 1.807) is 25.1 Å². The minimum absolute atomic E-state index is 0.0225. The molecule has 0 fully saturated rings. The molecule has 0 bridgehead atoms. The van der Waals surface area contributed by atoms with Crippen LogP contribution in [-0.2, 0) is 0 Å². The van der Waals surface area contributed by atoms with E-state index in [0.717, 1.165) is 0 Å². The molecule has 0 saturated carbocycles. The lowest BCUT2D eigenvalue weighted by atomic mass is 10.3. The number of hydrogen-bond donors (Lipinski definition) is 1. The average Bonchev–Trinajstić information content (AvgIpc) is 2.25. The van der Waals surface area contributed by atoms with Gasteiger partial charge >= 0.3 is 0 Å². The summed E-state index contributed by atoms with van der Waals surface area (Å²) >= 11 is 17.4. The van der Waals surface area contributed by atoms with Crippen LogP contribution in [0.3, 0.4) is 0 Å². The minimum Gasteiger partial charge on any atom is -0.321 e. The molecule has 0 spiro atoms. The number of anilines is 1. The van der Waals surface area contributed by atoms with Gasteiger partial charge in [0.15, 0.2) is 0 Å². The molecule has 2 rings (SSSR count). The van der Waals surface area contributed by atoms with Crippen molar-refractivity contribution in [3.05, 3.63) is 51.0 Å².